The molecular weight excluding hydrogens is 482 g/mol. The molecule has 10 heteroatoms. The molecule has 0 aromatic heterocycles. The highest BCUT2D eigenvalue weighted by molar-refractivity contribution is 6.15. The Bertz CT molecular complexity index is 1150. The summed E-state index contributed by atoms with van der Waals surface area (Å²) >= 11 is 4.64. The molecule has 0 spiro atoms. The number of alkyl halides is 1. The number of halogens is 1. The SMILES string of the molecule is CCl.C[C@@H]1C(=O)NN=C2COc3cc(-c4ccccc4CO)c(N(C)C4(C)CN(CCO)C4)cc3N21. The third-order valence-electron chi connectivity index (χ3n) is 7.23. The molecule has 3 heterocycles. The Morgan fingerprint density at radius 1 is 1.22 bits per heavy atom. The van der Waals surface area contributed by atoms with Gasteiger partial charge in [-0.15, -0.1) is 11.6 Å². The molecule has 3 aliphatic rings. The summed E-state index contributed by atoms with van der Waals surface area (Å²) in [5.74, 6) is 1.19. The van der Waals surface area contributed by atoms with E-state index in [0.29, 0.717) is 18.1 Å². The Kier molecular flexibility index (Phi) is 7.75. The fourth-order valence-electron chi connectivity index (χ4n) is 5.19. The summed E-state index contributed by atoms with van der Waals surface area (Å²) in [6.07, 6.45) is 1.47. The van der Waals surface area contributed by atoms with E-state index in [4.69, 9.17) is 4.74 Å². The molecule has 36 heavy (non-hydrogen) atoms. The number of hydrogen-bond acceptors (Lipinski definition) is 8. The number of anilines is 2. The minimum Gasteiger partial charge on any atom is -0.483 e. The van der Waals surface area contributed by atoms with Crippen molar-refractivity contribution >= 4 is 34.7 Å². The highest BCUT2D eigenvalue weighted by Gasteiger charge is 2.43. The highest BCUT2D eigenvalue weighted by Crippen LogP contribution is 2.46. The Balaban J connectivity index is 0.00000148. The number of carbonyl (C=O) groups is 1. The molecule has 1 atom stereocenters. The minimum absolute atomic E-state index is 0.0705. The zero-order valence-corrected chi connectivity index (χ0v) is 21.9. The Hall–Kier alpha value is -2.85. The van der Waals surface area contributed by atoms with Crippen molar-refractivity contribution in [1.82, 2.24) is 10.3 Å². The van der Waals surface area contributed by atoms with E-state index in [2.05, 4.69) is 52.0 Å². The maximum absolute atomic E-state index is 12.4. The molecule has 3 aliphatic heterocycles. The summed E-state index contributed by atoms with van der Waals surface area (Å²) in [6, 6.07) is 11.5. The highest BCUT2D eigenvalue weighted by atomic mass is 35.5. The van der Waals surface area contributed by atoms with Crippen molar-refractivity contribution in [2.24, 2.45) is 5.10 Å². The van der Waals surface area contributed by atoms with Crippen molar-refractivity contribution < 1.29 is 19.7 Å². The summed E-state index contributed by atoms with van der Waals surface area (Å²) < 4.78 is 6.08. The Morgan fingerprint density at radius 3 is 2.64 bits per heavy atom. The lowest BCUT2D eigenvalue weighted by atomic mass is 9.88. The molecular formula is C26H34ClN5O4. The van der Waals surface area contributed by atoms with Crippen LogP contribution in [-0.2, 0) is 11.4 Å². The van der Waals surface area contributed by atoms with Crippen LogP contribution in [-0.4, -0.2) is 84.7 Å². The largest absolute Gasteiger partial charge is 0.483 e. The van der Waals surface area contributed by atoms with E-state index in [1.807, 2.05) is 42.2 Å². The molecule has 2 aromatic rings. The summed E-state index contributed by atoms with van der Waals surface area (Å²) in [4.78, 5) is 18.8. The lowest BCUT2D eigenvalue weighted by molar-refractivity contribution is -0.122. The number of hydrogen-bond donors (Lipinski definition) is 3. The van der Waals surface area contributed by atoms with Gasteiger partial charge in [-0.25, -0.2) is 5.43 Å². The molecule has 1 saturated heterocycles. The average molecular weight is 516 g/mol. The molecule has 5 rings (SSSR count). The lowest BCUT2D eigenvalue weighted by Gasteiger charge is -2.54. The van der Waals surface area contributed by atoms with Crippen molar-refractivity contribution in [3.63, 3.8) is 0 Å². The first-order valence-corrected chi connectivity index (χ1v) is 12.7. The number of benzene rings is 2. The van der Waals surface area contributed by atoms with Gasteiger partial charge in [-0.3, -0.25) is 9.69 Å². The van der Waals surface area contributed by atoms with Crippen LogP contribution in [0.5, 0.6) is 5.75 Å². The van der Waals surface area contributed by atoms with E-state index >= 15 is 0 Å². The number of amides is 1. The van der Waals surface area contributed by atoms with Crippen LogP contribution < -0.4 is 20.0 Å². The van der Waals surface area contributed by atoms with Crippen LogP contribution in [0.25, 0.3) is 11.1 Å². The molecule has 0 unspecified atom stereocenters. The molecule has 3 N–H and O–H groups in total. The second-order valence-corrected chi connectivity index (χ2v) is 9.48. The van der Waals surface area contributed by atoms with Crippen LogP contribution in [0.3, 0.4) is 0 Å². The van der Waals surface area contributed by atoms with Gasteiger partial charge in [-0.05, 0) is 37.1 Å². The predicted molar refractivity (Wildman–Crippen MR) is 143 cm³/mol. The van der Waals surface area contributed by atoms with Gasteiger partial charge in [0.25, 0.3) is 5.91 Å². The summed E-state index contributed by atoms with van der Waals surface area (Å²) in [6.45, 7) is 6.71. The van der Waals surface area contributed by atoms with Gasteiger partial charge in [0.1, 0.15) is 18.4 Å². The minimum atomic E-state index is -0.414. The fourth-order valence-corrected chi connectivity index (χ4v) is 5.19. The van der Waals surface area contributed by atoms with Gasteiger partial charge >= 0.3 is 0 Å². The number of nitrogens with one attached hydrogen (secondary N) is 1. The number of amidine groups is 1. The normalized spacial score (nSPS) is 20.0. The number of aliphatic hydroxyl groups excluding tert-OH is 2. The topological polar surface area (TPSA) is 101 Å². The van der Waals surface area contributed by atoms with Gasteiger partial charge in [-0.1, -0.05) is 24.3 Å². The second-order valence-electron chi connectivity index (χ2n) is 9.48. The molecule has 9 nitrogen and oxygen atoms in total. The van der Waals surface area contributed by atoms with Crippen molar-refractivity contribution in [1.29, 1.82) is 0 Å². The number of fused-ring (bicyclic) bond motifs is 3. The Labute approximate surface area is 216 Å². The third-order valence-corrected chi connectivity index (χ3v) is 7.23. The van der Waals surface area contributed by atoms with E-state index in [9.17, 15) is 15.0 Å². The van der Waals surface area contributed by atoms with Gasteiger partial charge in [0, 0.05) is 44.3 Å². The van der Waals surface area contributed by atoms with Crippen molar-refractivity contribution in [3.05, 3.63) is 42.0 Å². The lowest BCUT2D eigenvalue weighted by Crippen LogP contribution is -2.68. The molecule has 0 radical (unpaired) electrons. The summed E-state index contributed by atoms with van der Waals surface area (Å²) in [7, 11) is 2.08. The zero-order chi connectivity index (χ0) is 26.0. The maximum Gasteiger partial charge on any atom is 0.262 e. The number of carbonyl (C=O) groups excluding carboxylic acids is 1. The zero-order valence-electron chi connectivity index (χ0n) is 21.2. The number of likely N-dealkylation sites (N-methyl/N-ethyl adjacent to an activating group) is 1. The molecule has 194 valence electrons. The number of ether oxygens (including phenoxy) is 1. The number of rotatable bonds is 6. The first-order valence-electron chi connectivity index (χ1n) is 12.0. The maximum atomic E-state index is 12.4. The summed E-state index contributed by atoms with van der Waals surface area (Å²) in [5.41, 5.74) is 6.96. The van der Waals surface area contributed by atoms with Crippen LogP contribution in [0, 0.1) is 0 Å². The van der Waals surface area contributed by atoms with Crippen LogP contribution >= 0.6 is 11.6 Å². The van der Waals surface area contributed by atoms with E-state index in [0.717, 1.165) is 41.2 Å². The molecule has 0 aliphatic carbocycles. The third kappa shape index (κ3) is 4.52. The van der Waals surface area contributed by atoms with Crippen molar-refractivity contribution in [2.45, 2.75) is 32.0 Å². The van der Waals surface area contributed by atoms with Crippen LogP contribution in [0.2, 0.25) is 0 Å². The first-order chi connectivity index (χ1) is 17.4. The molecule has 0 saturated carbocycles. The van der Waals surface area contributed by atoms with E-state index in [1.165, 1.54) is 6.38 Å². The number of likely N-dealkylation sites (tertiary alicyclic amines) is 1. The van der Waals surface area contributed by atoms with E-state index in [1.54, 1.807) is 0 Å². The molecule has 1 fully saturated rings. The van der Waals surface area contributed by atoms with Gasteiger partial charge < -0.3 is 24.7 Å². The molecule has 0 bridgehead atoms. The number of β-amino-alcohol motifs (C(OH)–C–C–N with tert-alkyl or cyclic N) is 1. The molecule has 1 amide bonds. The van der Waals surface area contributed by atoms with Crippen molar-refractivity contribution in [3.8, 4) is 16.9 Å². The standard InChI is InChI=1S/C25H31N5O4.CH3Cl/c1-16-24(33)27-26-23-13-34-22-10-19(18-7-5-4-6-17(18)12-32)20(11-21(22)30(16)23)28(3)25(2)14-29(15-25)8-9-31;1-2/h4-7,10-11,16,31-32H,8-9,12-15H2,1-3H3,(H,27,33);1H3/t16-;/m1./s1. The Morgan fingerprint density at radius 2 is 1.94 bits per heavy atom. The monoisotopic (exact) mass is 515 g/mol. The number of nitrogens with zero attached hydrogens (tertiary/aromatic N) is 4. The smallest absolute Gasteiger partial charge is 0.262 e. The van der Waals surface area contributed by atoms with Gasteiger partial charge in [-0.2, -0.15) is 5.10 Å². The molecule has 2 aromatic carbocycles. The van der Waals surface area contributed by atoms with Gasteiger partial charge in [0.05, 0.1) is 24.4 Å². The van der Waals surface area contributed by atoms with Crippen LogP contribution in [0.4, 0.5) is 11.4 Å². The number of hydrazone groups is 1. The predicted octanol–water partition coefficient (Wildman–Crippen LogP) is 2.23. The average Bonchev–Trinajstić information content (AvgIpc) is 2.89. The first kappa shape index (κ1) is 26.2. The second kappa shape index (κ2) is 10.6. The van der Waals surface area contributed by atoms with Crippen molar-refractivity contribution in [2.75, 3.05) is 56.1 Å². The van der Waals surface area contributed by atoms with Crippen LogP contribution in [0.1, 0.15) is 19.4 Å². The van der Waals surface area contributed by atoms with E-state index < -0.39 is 6.04 Å². The van der Waals surface area contributed by atoms with E-state index in [-0.39, 0.29) is 31.3 Å². The quantitative estimate of drug-likeness (QED) is 0.507. The van der Waals surface area contributed by atoms with Crippen LogP contribution in [0.15, 0.2) is 41.5 Å². The fraction of sp³-hybridized carbons (Fsp3) is 0.462. The summed E-state index contributed by atoms with van der Waals surface area (Å²) in [5, 5.41) is 23.6. The van der Waals surface area contributed by atoms with Gasteiger partial charge in [0.2, 0.25) is 0 Å². The van der Waals surface area contributed by atoms with Gasteiger partial charge in [0.15, 0.2) is 5.84 Å². The number of aliphatic hydroxyl groups is 2.